The molecule has 1 aromatic carbocycles. The lowest BCUT2D eigenvalue weighted by molar-refractivity contribution is 0.587. The van der Waals surface area contributed by atoms with E-state index in [1.807, 2.05) is 6.92 Å². The second-order valence-corrected chi connectivity index (χ2v) is 4.76. The van der Waals surface area contributed by atoms with Gasteiger partial charge in [0.15, 0.2) is 0 Å². The zero-order valence-electron chi connectivity index (χ0n) is 10.7. The molecular formula is C14H11ClFN3O. The first-order chi connectivity index (χ1) is 9.58. The number of hydrogen-bond acceptors (Lipinski definition) is 4. The molecule has 6 heteroatoms. The molecule has 0 aliphatic heterocycles. The van der Waals surface area contributed by atoms with Crippen molar-refractivity contribution in [2.75, 3.05) is 5.73 Å². The summed E-state index contributed by atoms with van der Waals surface area (Å²) in [4.78, 5) is 8.38. The van der Waals surface area contributed by atoms with Gasteiger partial charge >= 0.3 is 0 Å². The van der Waals surface area contributed by atoms with Crippen LogP contribution in [0.25, 0.3) is 22.7 Å². The van der Waals surface area contributed by atoms with Crippen LogP contribution in [0.4, 0.5) is 10.1 Å². The van der Waals surface area contributed by atoms with Gasteiger partial charge in [0.05, 0.1) is 5.56 Å². The molecule has 2 N–H and O–H groups in total. The molecule has 0 saturated carbocycles. The highest BCUT2D eigenvalue weighted by Crippen LogP contribution is 2.29. The SMILES string of the molecule is CCc1cc(Cl)nc2oc(-c3ccc(N)cc3F)nc12. The molecule has 2 aromatic heterocycles. The first-order valence-corrected chi connectivity index (χ1v) is 6.47. The van der Waals surface area contributed by atoms with Crippen LogP contribution in [0.15, 0.2) is 28.7 Å². The van der Waals surface area contributed by atoms with Crippen molar-refractivity contribution in [3.63, 3.8) is 0 Å². The van der Waals surface area contributed by atoms with Crippen molar-refractivity contribution >= 4 is 28.5 Å². The number of rotatable bonds is 2. The maximum atomic E-state index is 13.9. The molecule has 0 aliphatic rings. The topological polar surface area (TPSA) is 64.9 Å². The predicted octanol–water partition coefficient (Wildman–Crippen LogP) is 3.83. The average molecular weight is 292 g/mol. The summed E-state index contributed by atoms with van der Waals surface area (Å²) >= 11 is 5.92. The smallest absolute Gasteiger partial charge is 0.249 e. The molecule has 0 unspecified atom stereocenters. The van der Waals surface area contributed by atoms with Gasteiger partial charge in [-0.2, -0.15) is 4.98 Å². The van der Waals surface area contributed by atoms with Gasteiger partial charge in [-0.15, -0.1) is 0 Å². The van der Waals surface area contributed by atoms with E-state index < -0.39 is 5.82 Å². The average Bonchev–Trinajstić information content (AvgIpc) is 2.80. The van der Waals surface area contributed by atoms with Gasteiger partial charge in [0.2, 0.25) is 11.6 Å². The van der Waals surface area contributed by atoms with Crippen LogP contribution in [0.3, 0.4) is 0 Å². The molecule has 4 nitrogen and oxygen atoms in total. The molecule has 0 aliphatic carbocycles. The van der Waals surface area contributed by atoms with Gasteiger partial charge in [0, 0.05) is 5.69 Å². The number of aromatic nitrogens is 2. The number of anilines is 1. The maximum Gasteiger partial charge on any atom is 0.249 e. The molecule has 3 aromatic rings. The molecular weight excluding hydrogens is 281 g/mol. The zero-order valence-corrected chi connectivity index (χ0v) is 11.4. The van der Waals surface area contributed by atoms with Gasteiger partial charge < -0.3 is 10.2 Å². The monoisotopic (exact) mass is 291 g/mol. The number of halogens is 2. The lowest BCUT2D eigenvalue weighted by atomic mass is 10.2. The van der Waals surface area contributed by atoms with Gasteiger partial charge in [-0.3, -0.25) is 0 Å². The molecule has 3 rings (SSSR count). The Morgan fingerprint density at radius 2 is 2.10 bits per heavy atom. The third-order valence-electron chi connectivity index (χ3n) is 3.02. The lowest BCUT2D eigenvalue weighted by Crippen LogP contribution is -1.89. The summed E-state index contributed by atoms with van der Waals surface area (Å²) in [5.74, 6) is -0.317. The predicted molar refractivity (Wildman–Crippen MR) is 76.0 cm³/mol. The minimum Gasteiger partial charge on any atom is -0.418 e. The Bertz CT molecular complexity index is 800. The summed E-state index contributed by atoms with van der Waals surface area (Å²) in [7, 11) is 0. The summed E-state index contributed by atoms with van der Waals surface area (Å²) < 4.78 is 19.4. The Kier molecular flexibility index (Phi) is 3.06. The van der Waals surface area contributed by atoms with Crippen molar-refractivity contribution in [3.8, 4) is 11.5 Å². The standard InChI is InChI=1S/C14H11ClFN3O/c1-2-7-5-11(15)18-14-12(7)19-13(20-14)9-4-3-8(17)6-10(9)16/h3-6H,2,17H2,1H3. The first kappa shape index (κ1) is 12.9. The van der Waals surface area contributed by atoms with E-state index in [0.29, 0.717) is 22.1 Å². The number of nitrogens with two attached hydrogens (primary N) is 1. The van der Waals surface area contributed by atoms with E-state index in [9.17, 15) is 4.39 Å². The Morgan fingerprint density at radius 3 is 2.80 bits per heavy atom. The number of hydrogen-bond donors (Lipinski definition) is 1. The van der Waals surface area contributed by atoms with E-state index in [1.54, 1.807) is 12.1 Å². The number of benzene rings is 1. The van der Waals surface area contributed by atoms with Crippen molar-refractivity contribution in [3.05, 3.63) is 40.8 Å². The third-order valence-corrected chi connectivity index (χ3v) is 3.21. The molecule has 0 saturated heterocycles. The van der Waals surface area contributed by atoms with E-state index in [-0.39, 0.29) is 11.5 Å². The number of pyridine rings is 1. The van der Waals surface area contributed by atoms with E-state index in [1.165, 1.54) is 12.1 Å². The number of nitrogen functional groups attached to an aromatic ring is 1. The highest BCUT2D eigenvalue weighted by Gasteiger charge is 2.16. The maximum absolute atomic E-state index is 13.9. The molecule has 0 spiro atoms. The normalized spacial score (nSPS) is 11.2. The van der Waals surface area contributed by atoms with Crippen LogP contribution in [0.5, 0.6) is 0 Å². The summed E-state index contributed by atoms with van der Waals surface area (Å²) in [5.41, 5.74) is 7.93. The zero-order chi connectivity index (χ0) is 14.3. The molecule has 0 atom stereocenters. The van der Waals surface area contributed by atoms with E-state index in [0.717, 1.165) is 12.0 Å². The first-order valence-electron chi connectivity index (χ1n) is 6.10. The minimum absolute atomic E-state index is 0.168. The van der Waals surface area contributed by atoms with Crippen LogP contribution in [0.2, 0.25) is 5.15 Å². The molecule has 0 fully saturated rings. The second kappa shape index (κ2) is 4.76. The van der Waals surface area contributed by atoms with Gasteiger partial charge in [-0.05, 0) is 36.2 Å². The Labute approximate surface area is 119 Å². The Hall–Kier alpha value is -2.14. The largest absolute Gasteiger partial charge is 0.418 e. The van der Waals surface area contributed by atoms with Crippen molar-refractivity contribution in [2.45, 2.75) is 13.3 Å². The molecule has 0 bridgehead atoms. The fourth-order valence-corrected chi connectivity index (χ4v) is 2.24. The Balaban J connectivity index is 2.22. The van der Waals surface area contributed by atoms with E-state index >= 15 is 0 Å². The fourth-order valence-electron chi connectivity index (χ4n) is 2.03. The van der Waals surface area contributed by atoms with Crippen molar-refractivity contribution in [2.24, 2.45) is 0 Å². The van der Waals surface area contributed by atoms with Crippen LogP contribution < -0.4 is 5.73 Å². The van der Waals surface area contributed by atoms with Crippen LogP contribution >= 0.6 is 11.6 Å². The van der Waals surface area contributed by atoms with Crippen molar-refractivity contribution in [1.29, 1.82) is 0 Å². The molecule has 20 heavy (non-hydrogen) atoms. The molecule has 0 amide bonds. The minimum atomic E-state index is -0.485. The van der Waals surface area contributed by atoms with Gasteiger partial charge in [-0.25, -0.2) is 9.37 Å². The van der Waals surface area contributed by atoms with E-state index in [4.69, 9.17) is 21.8 Å². The molecule has 102 valence electrons. The highest BCUT2D eigenvalue weighted by atomic mass is 35.5. The van der Waals surface area contributed by atoms with Crippen molar-refractivity contribution < 1.29 is 8.81 Å². The molecule has 2 heterocycles. The fraction of sp³-hybridized carbons (Fsp3) is 0.143. The van der Waals surface area contributed by atoms with Gasteiger partial charge in [0.1, 0.15) is 16.5 Å². The number of oxazole rings is 1. The number of aryl methyl sites for hydroxylation is 1. The number of nitrogens with zero attached hydrogens (tertiary/aromatic N) is 2. The highest BCUT2D eigenvalue weighted by molar-refractivity contribution is 6.29. The summed E-state index contributed by atoms with van der Waals surface area (Å²) in [5, 5.41) is 0.329. The van der Waals surface area contributed by atoms with Gasteiger partial charge in [0.25, 0.3) is 0 Å². The Morgan fingerprint density at radius 1 is 1.30 bits per heavy atom. The van der Waals surface area contributed by atoms with Crippen molar-refractivity contribution in [1.82, 2.24) is 9.97 Å². The summed E-state index contributed by atoms with van der Waals surface area (Å²) in [6.07, 6.45) is 0.731. The van der Waals surface area contributed by atoms with Gasteiger partial charge in [-0.1, -0.05) is 18.5 Å². The summed E-state index contributed by atoms with van der Waals surface area (Å²) in [6.45, 7) is 1.98. The lowest BCUT2D eigenvalue weighted by Gasteiger charge is -1.98. The number of fused-ring (bicyclic) bond motifs is 1. The summed E-state index contributed by atoms with van der Waals surface area (Å²) in [6, 6.07) is 6.08. The van der Waals surface area contributed by atoms with Crippen LogP contribution in [0, 0.1) is 5.82 Å². The van der Waals surface area contributed by atoms with Crippen LogP contribution in [0.1, 0.15) is 12.5 Å². The second-order valence-electron chi connectivity index (χ2n) is 4.37. The van der Waals surface area contributed by atoms with Crippen LogP contribution in [-0.2, 0) is 6.42 Å². The molecule has 0 radical (unpaired) electrons. The van der Waals surface area contributed by atoms with Crippen LogP contribution in [-0.4, -0.2) is 9.97 Å². The third kappa shape index (κ3) is 2.10. The van der Waals surface area contributed by atoms with E-state index in [2.05, 4.69) is 9.97 Å². The quantitative estimate of drug-likeness (QED) is 0.576.